The average Bonchev–Trinajstić information content (AvgIpc) is 3.09. The summed E-state index contributed by atoms with van der Waals surface area (Å²) < 4.78 is 5.81. The van der Waals surface area contributed by atoms with Crippen molar-refractivity contribution in [3.63, 3.8) is 0 Å². The summed E-state index contributed by atoms with van der Waals surface area (Å²) >= 11 is 1.42. The Morgan fingerprint density at radius 2 is 2.00 bits per heavy atom. The molecule has 1 N–H and O–H groups in total. The molecule has 2 aromatic heterocycles. The van der Waals surface area contributed by atoms with E-state index >= 15 is 0 Å². The smallest absolute Gasteiger partial charge is 0.271 e. The Hall–Kier alpha value is -2.73. The predicted molar refractivity (Wildman–Crippen MR) is 97.8 cm³/mol. The summed E-state index contributed by atoms with van der Waals surface area (Å²) in [6.07, 6.45) is 3.40. The normalized spacial score (nSPS) is 10.5. The molecule has 0 aliphatic rings. The number of hydrogen-bond acceptors (Lipinski definition) is 5. The predicted octanol–water partition coefficient (Wildman–Crippen LogP) is 3.66. The van der Waals surface area contributed by atoms with Crippen molar-refractivity contribution in [3.05, 3.63) is 75.5 Å². The van der Waals surface area contributed by atoms with Gasteiger partial charge in [-0.1, -0.05) is 17.7 Å². The van der Waals surface area contributed by atoms with Crippen LogP contribution in [0.15, 0.2) is 48.1 Å². The van der Waals surface area contributed by atoms with E-state index in [1.807, 2.05) is 31.2 Å². The topological polar surface area (TPSA) is 64.1 Å². The monoisotopic (exact) mass is 353 g/mol. The third-order valence-corrected chi connectivity index (χ3v) is 4.49. The maximum Gasteiger partial charge on any atom is 0.271 e. The van der Waals surface area contributed by atoms with Crippen molar-refractivity contribution >= 4 is 17.2 Å². The highest BCUT2D eigenvalue weighted by molar-refractivity contribution is 7.09. The van der Waals surface area contributed by atoms with Gasteiger partial charge in [0.2, 0.25) is 0 Å². The van der Waals surface area contributed by atoms with Gasteiger partial charge in [0.05, 0.1) is 0 Å². The molecular formula is C19H19N3O2S. The van der Waals surface area contributed by atoms with Crippen LogP contribution in [0.1, 0.15) is 32.2 Å². The summed E-state index contributed by atoms with van der Waals surface area (Å²) in [5, 5.41) is 5.38. The number of pyridine rings is 1. The molecular weight excluding hydrogens is 334 g/mol. The van der Waals surface area contributed by atoms with E-state index in [1.54, 1.807) is 17.8 Å². The van der Waals surface area contributed by atoms with Gasteiger partial charge in [-0.05, 0) is 43.2 Å². The first-order chi connectivity index (χ1) is 12.1. The first kappa shape index (κ1) is 17.1. The first-order valence-electron chi connectivity index (χ1n) is 7.93. The minimum Gasteiger partial charge on any atom is -0.486 e. The van der Waals surface area contributed by atoms with Crippen LogP contribution in [0.4, 0.5) is 0 Å². The van der Waals surface area contributed by atoms with Gasteiger partial charge in [-0.15, -0.1) is 11.3 Å². The Labute approximate surface area is 150 Å². The zero-order chi connectivity index (χ0) is 17.6. The SMILES string of the molecule is Cc1ccc(OCc2nc(C(=O)NCc3ccncc3)cs2)c(C)c1. The summed E-state index contributed by atoms with van der Waals surface area (Å²) in [7, 11) is 0. The Balaban J connectivity index is 1.55. The number of amides is 1. The van der Waals surface area contributed by atoms with Gasteiger partial charge < -0.3 is 10.1 Å². The fourth-order valence-electron chi connectivity index (χ4n) is 2.36. The number of nitrogens with zero attached hydrogens (tertiary/aromatic N) is 2. The lowest BCUT2D eigenvalue weighted by Crippen LogP contribution is -2.23. The number of rotatable bonds is 6. The minimum atomic E-state index is -0.189. The molecule has 3 aromatic rings. The lowest BCUT2D eigenvalue weighted by molar-refractivity contribution is 0.0946. The van der Waals surface area contributed by atoms with Gasteiger partial charge in [-0.2, -0.15) is 0 Å². The molecule has 0 saturated heterocycles. The molecule has 5 nitrogen and oxygen atoms in total. The first-order valence-corrected chi connectivity index (χ1v) is 8.81. The molecule has 0 aliphatic heterocycles. The van der Waals surface area contributed by atoms with Gasteiger partial charge in [-0.25, -0.2) is 4.98 Å². The lowest BCUT2D eigenvalue weighted by Gasteiger charge is -2.08. The van der Waals surface area contributed by atoms with E-state index in [1.165, 1.54) is 16.9 Å². The second kappa shape index (κ2) is 7.90. The van der Waals surface area contributed by atoms with E-state index in [4.69, 9.17) is 4.74 Å². The molecule has 0 bridgehead atoms. The molecule has 0 fully saturated rings. The standard InChI is InChI=1S/C19H19N3O2S/c1-13-3-4-17(14(2)9-13)24-11-18-22-16(12-25-18)19(23)21-10-15-5-7-20-8-6-15/h3-9,12H,10-11H2,1-2H3,(H,21,23). The third-order valence-electron chi connectivity index (χ3n) is 3.67. The maximum atomic E-state index is 12.2. The summed E-state index contributed by atoms with van der Waals surface area (Å²) in [5.74, 6) is 0.648. The van der Waals surface area contributed by atoms with Crippen LogP contribution in [-0.4, -0.2) is 15.9 Å². The quantitative estimate of drug-likeness (QED) is 0.734. The van der Waals surface area contributed by atoms with Crippen LogP contribution in [0.2, 0.25) is 0 Å². The number of aryl methyl sites for hydroxylation is 2. The Morgan fingerprint density at radius 3 is 2.76 bits per heavy atom. The van der Waals surface area contributed by atoms with E-state index in [9.17, 15) is 4.79 Å². The van der Waals surface area contributed by atoms with Crippen molar-refractivity contribution in [2.75, 3.05) is 0 Å². The number of aromatic nitrogens is 2. The molecule has 25 heavy (non-hydrogen) atoms. The third kappa shape index (κ3) is 4.64. The second-order valence-electron chi connectivity index (χ2n) is 5.72. The molecule has 3 rings (SSSR count). The van der Waals surface area contributed by atoms with Crippen molar-refractivity contribution in [1.82, 2.24) is 15.3 Å². The summed E-state index contributed by atoms with van der Waals surface area (Å²) in [6, 6.07) is 9.78. The highest BCUT2D eigenvalue weighted by atomic mass is 32.1. The molecule has 0 atom stereocenters. The van der Waals surface area contributed by atoms with Crippen molar-refractivity contribution in [3.8, 4) is 5.75 Å². The van der Waals surface area contributed by atoms with Gasteiger partial charge in [0, 0.05) is 24.3 Å². The van der Waals surface area contributed by atoms with Crippen LogP contribution < -0.4 is 10.1 Å². The molecule has 0 spiro atoms. The molecule has 0 aliphatic carbocycles. The molecule has 0 unspecified atom stereocenters. The number of benzene rings is 1. The van der Waals surface area contributed by atoms with Crippen molar-refractivity contribution < 1.29 is 9.53 Å². The van der Waals surface area contributed by atoms with Crippen LogP contribution >= 0.6 is 11.3 Å². The van der Waals surface area contributed by atoms with Gasteiger partial charge in [0.25, 0.3) is 5.91 Å². The molecule has 6 heteroatoms. The van der Waals surface area contributed by atoms with Crippen LogP contribution in [0, 0.1) is 13.8 Å². The Bertz CT molecular complexity index is 862. The molecule has 1 amide bonds. The van der Waals surface area contributed by atoms with E-state index in [-0.39, 0.29) is 5.91 Å². The van der Waals surface area contributed by atoms with Crippen LogP contribution in [0.5, 0.6) is 5.75 Å². The van der Waals surface area contributed by atoms with Crippen molar-refractivity contribution in [2.45, 2.75) is 27.0 Å². The number of ether oxygens (including phenoxy) is 1. The fourth-order valence-corrected chi connectivity index (χ4v) is 3.04. The summed E-state index contributed by atoms with van der Waals surface area (Å²) in [6.45, 7) is 4.87. The highest BCUT2D eigenvalue weighted by Gasteiger charge is 2.11. The molecule has 0 radical (unpaired) electrons. The van der Waals surface area contributed by atoms with Crippen molar-refractivity contribution in [1.29, 1.82) is 0 Å². The van der Waals surface area contributed by atoms with E-state index < -0.39 is 0 Å². The molecule has 2 heterocycles. The number of hydrogen-bond donors (Lipinski definition) is 1. The van der Waals surface area contributed by atoms with Crippen LogP contribution in [0.3, 0.4) is 0 Å². The highest BCUT2D eigenvalue weighted by Crippen LogP contribution is 2.21. The Kier molecular flexibility index (Phi) is 5.40. The van der Waals surface area contributed by atoms with Crippen LogP contribution in [-0.2, 0) is 13.2 Å². The average molecular weight is 353 g/mol. The van der Waals surface area contributed by atoms with E-state index in [0.29, 0.717) is 18.8 Å². The van der Waals surface area contributed by atoms with Gasteiger partial charge in [0.1, 0.15) is 23.1 Å². The number of nitrogens with one attached hydrogen (secondary N) is 1. The Morgan fingerprint density at radius 1 is 1.20 bits per heavy atom. The number of carbonyl (C=O) groups is 1. The zero-order valence-electron chi connectivity index (χ0n) is 14.2. The maximum absolute atomic E-state index is 12.2. The summed E-state index contributed by atoms with van der Waals surface area (Å²) in [5.41, 5.74) is 3.70. The summed E-state index contributed by atoms with van der Waals surface area (Å²) in [4.78, 5) is 20.5. The number of thiazole rings is 1. The zero-order valence-corrected chi connectivity index (χ0v) is 15.0. The van der Waals surface area contributed by atoms with Gasteiger partial charge in [-0.3, -0.25) is 9.78 Å². The molecule has 1 aromatic carbocycles. The minimum absolute atomic E-state index is 0.189. The second-order valence-corrected chi connectivity index (χ2v) is 6.66. The van der Waals surface area contributed by atoms with Gasteiger partial charge in [0.15, 0.2) is 0 Å². The fraction of sp³-hybridized carbons (Fsp3) is 0.211. The van der Waals surface area contributed by atoms with Crippen molar-refractivity contribution in [2.24, 2.45) is 0 Å². The van der Waals surface area contributed by atoms with E-state index in [2.05, 4.69) is 28.3 Å². The molecule has 128 valence electrons. The van der Waals surface area contributed by atoms with Crippen LogP contribution in [0.25, 0.3) is 0 Å². The van der Waals surface area contributed by atoms with Gasteiger partial charge >= 0.3 is 0 Å². The van der Waals surface area contributed by atoms with E-state index in [0.717, 1.165) is 21.9 Å². The lowest BCUT2D eigenvalue weighted by atomic mass is 10.1. The largest absolute Gasteiger partial charge is 0.486 e. The molecule has 0 saturated carbocycles. The number of carbonyl (C=O) groups excluding carboxylic acids is 1.